The Morgan fingerprint density at radius 2 is 1.80 bits per heavy atom. The topological polar surface area (TPSA) is 97.3 Å². The van der Waals surface area contributed by atoms with Crippen molar-refractivity contribution in [3.8, 4) is 0 Å². The van der Waals surface area contributed by atoms with Gasteiger partial charge in [0.25, 0.3) is 0 Å². The van der Waals surface area contributed by atoms with Gasteiger partial charge in [-0.3, -0.25) is 10.00 Å². The van der Waals surface area contributed by atoms with Crippen molar-refractivity contribution in [1.29, 1.82) is 0 Å². The summed E-state index contributed by atoms with van der Waals surface area (Å²) in [6, 6.07) is 6.27. The SMILES string of the molecule is CCOC(=O)Nc1ccc(NC(=O)NC(C)c2cn(C)nc2C)cc1. The van der Waals surface area contributed by atoms with Gasteiger partial charge in [-0.1, -0.05) is 0 Å². The first kappa shape index (κ1) is 18.3. The maximum atomic E-state index is 12.1. The summed E-state index contributed by atoms with van der Waals surface area (Å²) in [6.45, 7) is 5.84. The second kappa shape index (κ2) is 8.18. The normalized spacial score (nSPS) is 11.5. The Morgan fingerprint density at radius 3 is 2.32 bits per heavy atom. The van der Waals surface area contributed by atoms with Crippen LogP contribution in [-0.4, -0.2) is 28.5 Å². The van der Waals surface area contributed by atoms with Crippen LogP contribution in [0.4, 0.5) is 21.0 Å². The second-order valence-electron chi connectivity index (χ2n) is 5.59. The van der Waals surface area contributed by atoms with E-state index in [1.807, 2.05) is 27.1 Å². The van der Waals surface area contributed by atoms with E-state index in [1.54, 1.807) is 35.9 Å². The smallest absolute Gasteiger partial charge is 0.411 e. The van der Waals surface area contributed by atoms with E-state index < -0.39 is 6.09 Å². The van der Waals surface area contributed by atoms with Crippen molar-refractivity contribution in [3.63, 3.8) is 0 Å². The number of carbonyl (C=O) groups excluding carboxylic acids is 2. The molecule has 0 saturated heterocycles. The number of amides is 3. The molecule has 3 N–H and O–H groups in total. The fourth-order valence-electron chi connectivity index (χ4n) is 2.41. The summed E-state index contributed by atoms with van der Waals surface area (Å²) >= 11 is 0. The molecule has 0 saturated carbocycles. The van der Waals surface area contributed by atoms with Crippen LogP contribution in [0.3, 0.4) is 0 Å². The molecule has 0 aliphatic rings. The molecule has 134 valence electrons. The van der Waals surface area contributed by atoms with Crippen LogP contribution in [0, 0.1) is 6.92 Å². The summed E-state index contributed by atoms with van der Waals surface area (Å²) < 4.78 is 6.52. The summed E-state index contributed by atoms with van der Waals surface area (Å²) in [6.07, 6.45) is 1.37. The Hall–Kier alpha value is -3.03. The molecule has 1 atom stereocenters. The molecule has 1 unspecified atom stereocenters. The van der Waals surface area contributed by atoms with Crippen LogP contribution in [0.25, 0.3) is 0 Å². The van der Waals surface area contributed by atoms with Gasteiger partial charge in [0.05, 0.1) is 18.3 Å². The summed E-state index contributed by atoms with van der Waals surface area (Å²) in [7, 11) is 1.84. The molecule has 2 aromatic rings. The molecule has 25 heavy (non-hydrogen) atoms. The first-order valence-electron chi connectivity index (χ1n) is 8.00. The molecule has 8 heteroatoms. The number of hydrogen-bond acceptors (Lipinski definition) is 4. The van der Waals surface area contributed by atoms with Gasteiger partial charge in [-0.15, -0.1) is 0 Å². The highest BCUT2D eigenvalue weighted by Crippen LogP contribution is 2.17. The molecule has 1 aromatic heterocycles. The Balaban J connectivity index is 1.90. The maximum absolute atomic E-state index is 12.1. The van der Waals surface area contributed by atoms with Gasteiger partial charge < -0.3 is 15.4 Å². The zero-order valence-corrected chi connectivity index (χ0v) is 14.8. The number of hydrogen-bond donors (Lipinski definition) is 3. The fourth-order valence-corrected chi connectivity index (χ4v) is 2.41. The highest BCUT2D eigenvalue weighted by atomic mass is 16.5. The van der Waals surface area contributed by atoms with Gasteiger partial charge >= 0.3 is 12.1 Å². The van der Waals surface area contributed by atoms with Gasteiger partial charge in [0.15, 0.2) is 0 Å². The lowest BCUT2D eigenvalue weighted by molar-refractivity contribution is 0.168. The van der Waals surface area contributed by atoms with E-state index in [9.17, 15) is 9.59 Å². The van der Waals surface area contributed by atoms with Crippen molar-refractivity contribution in [2.75, 3.05) is 17.2 Å². The number of ether oxygens (including phenoxy) is 1. The van der Waals surface area contributed by atoms with Crippen LogP contribution in [-0.2, 0) is 11.8 Å². The van der Waals surface area contributed by atoms with Crippen LogP contribution in [0.5, 0.6) is 0 Å². The van der Waals surface area contributed by atoms with E-state index in [2.05, 4.69) is 21.0 Å². The molecular formula is C17H23N5O3. The maximum Gasteiger partial charge on any atom is 0.411 e. The van der Waals surface area contributed by atoms with E-state index in [-0.39, 0.29) is 12.1 Å². The molecule has 1 heterocycles. The zero-order chi connectivity index (χ0) is 18.4. The van der Waals surface area contributed by atoms with E-state index in [0.717, 1.165) is 11.3 Å². The van der Waals surface area contributed by atoms with Gasteiger partial charge in [0.1, 0.15) is 0 Å². The van der Waals surface area contributed by atoms with Gasteiger partial charge in [-0.25, -0.2) is 9.59 Å². The third-order valence-electron chi connectivity index (χ3n) is 3.53. The molecule has 0 bridgehead atoms. The van der Waals surface area contributed by atoms with E-state index in [4.69, 9.17) is 4.74 Å². The zero-order valence-electron chi connectivity index (χ0n) is 14.8. The second-order valence-corrected chi connectivity index (χ2v) is 5.59. The monoisotopic (exact) mass is 345 g/mol. The average Bonchev–Trinajstić information content (AvgIpc) is 2.88. The molecule has 0 aliphatic carbocycles. The molecule has 0 spiro atoms. The van der Waals surface area contributed by atoms with E-state index >= 15 is 0 Å². The molecule has 3 amide bonds. The Morgan fingerprint density at radius 1 is 1.20 bits per heavy atom. The van der Waals surface area contributed by atoms with Crippen LogP contribution < -0.4 is 16.0 Å². The van der Waals surface area contributed by atoms with Crippen molar-refractivity contribution in [1.82, 2.24) is 15.1 Å². The van der Waals surface area contributed by atoms with Crippen molar-refractivity contribution < 1.29 is 14.3 Å². The lowest BCUT2D eigenvalue weighted by Gasteiger charge is -2.14. The number of nitrogens with zero attached hydrogens (tertiary/aromatic N) is 2. The van der Waals surface area contributed by atoms with E-state index in [0.29, 0.717) is 18.0 Å². The number of benzene rings is 1. The highest BCUT2D eigenvalue weighted by Gasteiger charge is 2.14. The number of nitrogens with one attached hydrogen (secondary N) is 3. The van der Waals surface area contributed by atoms with Crippen LogP contribution in [0.2, 0.25) is 0 Å². The first-order chi connectivity index (χ1) is 11.9. The van der Waals surface area contributed by atoms with Crippen molar-refractivity contribution >= 4 is 23.5 Å². The Kier molecular flexibility index (Phi) is 5.99. The number of aromatic nitrogens is 2. The summed E-state index contributed by atoms with van der Waals surface area (Å²) in [5.41, 5.74) is 3.04. The predicted molar refractivity (Wildman–Crippen MR) is 95.6 cm³/mol. The number of anilines is 2. The van der Waals surface area contributed by atoms with Gasteiger partial charge in [-0.2, -0.15) is 5.10 Å². The lowest BCUT2D eigenvalue weighted by atomic mass is 10.1. The van der Waals surface area contributed by atoms with Crippen LogP contribution in [0.15, 0.2) is 30.5 Å². The highest BCUT2D eigenvalue weighted by molar-refractivity contribution is 5.90. The van der Waals surface area contributed by atoms with Gasteiger partial charge in [0, 0.05) is 30.2 Å². The largest absolute Gasteiger partial charge is 0.450 e. The van der Waals surface area contributed by atoms with Crippen molar-refractivity contribution in [2.45, 2.75) is 26.8 Å². The summed E-state index contributed by atoms with van der Waals surface area (Å²) in [5.74, 6) is 0. The summed E-state index contributed by atoms with van der Waals surface area (Å²) in [5, 5.41) is 12.5. The Labute approximate surface area is 146 Å². The first-order valence-corrected chi connectivity index (χ1v) is 8.00. The van der Waals surface area contributed by atoms with Crippen molar-refractivity contribution in [3.05, 3.63) is 41.7 Å². The molecule has 0 aliphatic heterocycles. The molecule has 0 radical (unpaired) electrons. The van der Waals surface area contributed by atoms with Crippen LogP contribution >= 0.6 is 0 Å². The number of urea groups is 1. The molecule has 2 rings (SSSR count). The standard InChI is InChI=1S/C17H23N5O3/c1-5-25-17(24)20-14-8-6-13(7-9-14)19-16(23)18-11(2)15-10-22(4)21-12(15)3/h6-11H,5H2,1-4H3,(H,20,24)(H2,18,19,23). The van der Waals surface area contributed by atoms with Crippen LogP contribution in [0.1, 0.15) is 31.1 Å². The Bertz CT molecular complexity index is 739. The molecule has 1 aromatic carbocycles. The molecule has 8 nitrogen and oxygen atoms in total. The quantitative estimate of drug-likeness (QED) is 0.775. The number of rotatable bonds is 5. The average molecular weight is 345 g/mol. The van der Waals surface area contributed by atoms with Gasteiger partial charge in [-0.05, 0) is 45.0 Å². The minimum absolute atomic E-state index is 0.168. The lowest BCUT2D eigenvalue weighted by Crippen LogP contribution is -2.31. The third-order valence-corrected chi connectivity index (χ3v) is 3.53. The van der Waals surface area contributed by atoms with E-state index in [1.165, 1.54) is 0 Å². The molecular weight excluding hydrogens is 322 g/mol. The fraction of sp³-hybridized carbons (Fsp3) is 0.353. The van der Waals surface area contributed by atoms with Gasteiger partial charge in [0.2, 0.25) is 0 Å². The minimum atomic E-state index is -0.512. The predicted octanol–water partition coefficient (Wildman–Crippen LogP) is 3.18. The molecule has 0 fully saturated rings. The number of aryl methyl sites for hydroxylation is 2. The minimum Gasteiger partial charge on any atom is -0.450 e. The van der Waals surface area contributed by atoms with Crippen molar-refractivity contribution in [2.24, 2.45) is 7.05 Å². The number of carbonyl (C=O) groups is 2. The third kappa shape index (κ3) is 5.23. The summed E-state index contributed by atoms with van der Waals surface area (Å²) in [4.78, 5) is 23.5.